The van der Waals surface area contributed by atoms with Crippen molar-refractivity contribution in [2.45, 2.75) is 38.6 Å². The first-order valence-corrected chi connectivity index (χ1v) is 10.2. The van der Waals surface area contributed by atoms with Crippen molar-refractivity contribution in [3.05, 3.63) is 81.9 Å². The number of hydrogen-bond acceptors (Lipinski definition) is 5. The number of nitrogens with two attached hydrogens (primary N) is 1. The minimum Gasteiger partial charge on any atom is -0.322 e. The van der Waals surface area contributed by atoms with E-state index in [0.29, 0.717) is 0 Å². The Labute approximate surface area is 176 Å². The van der Waals surface area contributed by atoms with Crippen molar-refractivity contribution in [2.75, 3.05) is 5.43 Å². The molecule has 1 aliphatic carbocycles. The molecule has 6 heteroatoms. The van der Waals surface area contributed by atoms with Gasteiger partial charge < -0.3 is 5.73 Å². The summed E-state index contributed by atoms with van der Waals surface area (Å²) in [4.78, 5) is 4.61. The predicted octanol–water partition coefficient (Wildman–Crippen LogP) is 5.13. The van der Waals surface area contributed by atoms with Crippen molar-refractivity contribution in [1.82, 2.24) is 4.98 Å². The Kier molecular flexibility index (Phi) is 6.83. The molecular weight excluding hydrogens is 388 g/mol. The van der Waals surface area contributed by atoms with Gasteiger partial charge in [0.25, 0.3) is 0 Å². The Morgan fingerprint density at radius 2 is 1.96 bits per heavy atom. The largest absolute Gasteiger partial charge is 0.322 e. The number of anilines is 1. The molecule has 0 unspecified atom stereocenters. The zero-order valence-corrected chi connectivity index (χ0v) is 17.5. The van der Waals surface area contributed by atoms with Crippen LogP contribution in [0.4, 0.5) is 5.13 Å². The summed E-state index contributed by atoms with van der Waals surface area (Å²) < 4.78 is 0. The van der Waals surface area contributed by atoms with Crippen LogP contribution in [0.25, 0.3) is 0 Å². The molecule has 0 amide bonds. The summed E-state index contributed by atoms with van der Waals surface area (Å²) in [7, 11) is 0. The van der Waals surface area contributed by atoms with Gasteiger partial charge in [0.15, 0.2) is 0 Å². The summed E-state index contributed by atoms with van der Waals surface area (Å²) in [6, 6.07) is 16.8. The number of hydrogen-bond donors (Lipinski definition) is 2. The summed E-state index contributed by atoms with van der Waals surface area (Å²) in [5.74, 6) is 0. The van der Waals surface area contributed by atoms with Gasteiger partial charge in [0.2, 0.25) is 5.13 Å². The Hall–Kier alpha value is -2.21. The smallest absolute Gasteiger partial charge is 0.203 e. The van der Waals surface area contributed by atoms with Gasteiger partial charge in [-0.15, -0.1) is 23.7 Å². The lowest BCUT2D eigenvalue weighted by molar-refractivity contribution is 0.702. The van der Waals surface area contributed by atoms with Gasteiger partial charge in [-0.1, -0.05) is 42.5 Å². The van der Waals surface area contributed by atoms with Crippen molar-refractivity contribution >= 4 is 34.6 Å². The third kappa shape index (κ3) is 4.79. The molecule has 0 bridgehead atoms. The minimum atomic E-state index is -0.110. The Morgan fingerprint density at radius 3 is 2.79 bits per heavy atom. The number of aromatic nitrogens is 1. The molecule has 1 aliphatic rings. The average molecular weight is 413 g/mol. The maximum Gasteiger partial charge on any atom is 0.203 e. The molecule has 3 aromatic rings. The molecule has 0 radical (unpaired) electrons. The fourth-order valence-corrected chi connectivity index (χ4v) is 4.19. The Morgan fingerprint density at radius 1 is 1.18 bits per heavy atom. The molecule has 0 saturated carbocycles. The molecular formula is C22H25ClN4S. The third-order valence-electron chi connectivity index (χ3n) is 5.04. The summed E-state index contributed by atoms with van der Waals surface area (Å²) in [5, 5.41) is 7.30. The molecule has 146 valence electrons. The topological polar surface area (TPSA) is 63.3 Å². The number of halogens is 1. The minimum absolute atomic E-state index is 0. The highest BCUT2D eigenvalue weighted by atomic mass is 35.5. The van der Waals surface area contributed by atoms with Crippen molar-refractivity contribution in [2.24, 2.45) is 10.8 Å². The zero-order valence-electron chi connectivity index (χ0n) is 15.9. The van der Waals surface area contributed by atoms with E-state index in [1.807, 2.05) is 30.5 Å². The van der Waals surface area contributed by atoms with E-state index in [2.05, 4.69) is 45.8 Å². The summed E-state index contributed by atoms with van der Waals surface area (Å²) in [6.45, 7) is 2.03. The fraction of sp³-hybridized carbons (Fsp3) is 0.273. The number of hydrazone groups is 1. The van der Waals surface area contributed by atoms with Crippen LogP contribution < -0.4 is 11.2 Å². The lowest BCUT2D eigenvalue weighted by Gasteiger charge is -2.08. The molecule has 0 saturated heterocycles. The van der Waals surface area contributed by atoms with E-state index in [9.17, 15) is 0 Å². The normalized spacial score (nSPS) is 14.3. The maximum absolute atomic E-state index is 6.32. The highest BCUT2D eigenvalue weighted by molar-refractivity contribution is 7.13. The molecule has 0 aliphatic heterocycles. The molecule has 1 aromatic heterocycles. The van der Waals surface area contributed by atoms with E-state index in [-0.39, 0.29) is 18.4 Å². The number of fused-ring (bicyclic) bond motifs is 1. The first kappa shape index (κ1) is 20.5. The van der Waals surface area contributed by atoms with Crippen LogP contribution in [0.1, 0.15) is 47.3 Å². The number of aryl methyl sites for hydroxylation is 2. The van der Waals surface area contributed by atoms with E-state index < -0.39 is 0 Å². The Bertz CT molecular complexity index is 952. The van der Waals surface area contributed by atoms with E-state index >= 15 is 0 Å². The number of thiazole rings is 1. The predicted molar refractivity (Wildman–Crippen MR) is 121 cm³/mol. The molecule has 4 rings (SSSR count). The van der Waals surface area contributed by atoms with Gasteiger partial charge in [-0.25, -0.2) is 4.98 Å². The molecule has 1 atom stereocenters. The van der Waals surface area contributed by atoms with E-state index in [1.54, 1.807) is 0 Å². The lowest BCUT2D eigenvalue weighted by Crippen LogP contribution is -2.13. The summed E-state index contributed by atoms with van der Waals surface area (Å²) in [6.07, 6.45) is 4.42. The number of nitrogens with one attached hydrogen (secondary N) is 1. The quantitative estimate of drug-likeness (QED) is 0.435. The summed E-state index contributed by atoms with van der Waals surface area (Å²) in [5.41, 5.74) is 16.6. The van der Waals surface area contributed by atoms with Crippen molar-refractivity contribution in [3.8, 4) is 0 Å². The second-order valence-corrected chi connectivity index (χ2v) is 7.88. The molecule has 0 spiro atoms. The van der Waals surface area contributed by atoms with E-state index in [0.717, 1.165) is 23.0 Å². The first-order chi connectivity index (χ1) is 13.2. The van der Waals surface area contributed by atoms with Gasteiger partial charge in [0.1, 0.15) is 0 Å². The van der Waals surface area contributed by atoms with E-state index in [4.69, 9.17) is 5.73 Å². The van der Waals surface area contributed by atoms with Crippen LogP contribution in [0.5, 0.6) is 0 Å². The molecule has 0 fully saturated rings. The van der Waals surface area contributed by atoms with Crippen LogP contribution in [0.3, 0.4) is 0 Å². The second-order valence-electron chi connectivity index (χ2n) is 7.02. The first-order valence-electron chi connectivity index (χ1n) is 9.36. The van der Waals surface area contributed by atoms with Crippen molar-refractivity contribution in [3.63, 3.8) is 0 Å². The number of nitrogens with zero attached hydrogens (tertiary/aromatic N) is 2. The number of rotatable bonds is 6. The van der Waals surface area contributed by atoms with Crippen LogP contribution in [-0.4, -0.2) is 10.7 Å². The van der Waals surface area contributed by atoms with Gasteiger partial charge in [-0.2, -0.15) is 5.10 Å². The van der Waals surface area contributed by atoms with Crippen LogP contribution in [-0.2, 0) is 19.3 Å². The highest BCUT2D eigenvalue weighted by Gasteiger charge is 2.13. The van der Waals surface area contributed by atoms with Crippen molar-refractivity contribution < 1.29 is 0 Å². The van der Waals surface area contributed by atoms with Gasteiger partial charge in [-0.3, -0.25) is 5.43 Å². The average Bonchev–Trinajstić information content (AvgIpc) is 3.35. The Balaban J connectivity index is 0.00000225. The molecule has 28 heavy (non-hydrogen) atoms. The van der Waals surface area contributed by atoms with Gasteiger partial charge in [0, 0.05) is 5.38 Å². The number of benzene rings is 2. The van der Waals surface area contributed by atoms with Crippen molar-refractivity contribution in [1.29, 1.82) is 0 Å². The molecule has 2 aromatic carbocycles. The van der Waals surface area contributed by atoms with Crippen LogP contribution in [0.15, 0.2) is 59.0 Å². The SMILES string of the molecule is C/C(=N\Nc1nc([C@@H](N)Cc2ccccc2)cs1)c1ccc2c(c1)CCC2.Cl. The van der Waals surface area contributed by atoms with Gasteiger partial charge in [-0.05, 0) is 60.9 Å². The van der Waals surface area contributed by atoms with Crippen LogP contribution in [0, 0.1) is 0 Å². The fourth-order valence-electron chi connectivity index (χ4n) is 3.47. The zero-order chi connectivity index (χ0) is 18.6. The highest BCUT2D eigenvalue weighted by Crippen LogP contribution is 2.24. The summed E-state index contributed by atoms with van der Waals surface area (Å²) >= 11 is 1.54. The maximum atomic E-state index is 6.32. The second kappa shape index (κ2) is 9.32. The monoisotopic (exact) mass is 412 g/mol. The van der Waals surface area contributed by atoms with E-state index in [1.165, 1.54) is 52.9 Å². The molecule has 1 heterocycles. The van der Waals surface area contributed by atoms with Gasteiger partial charge in [0.05, 0.1) is 17.4 Å². The van der Waals surface area contributed by atoms with Gasteiger partial charge >= 0.3 is 0 Å². The molecule has 4 nitrogen and oxygen atoms in total. The van der Waals surface area contributed by atoms with Crippen LogP contribution >= 0.6 is 23.7 Å². The standard InChI is InChI=1S/C22H24N4S.ClH/c1-15(18-11-10-17-8-5-9-19(17)13-18)25-26-22-24-21(14-27-22)20(23)12-16-6-3-2-4-7-16;/h2-4,6-7,10-11,13-14,20H,5,8-9,12,23H2,1H3,(H,24,26);1H/b25-15+;/t20-;/m0./s1. The third-order valence-corrected chi connectivity index (χ3v) is 5.80. The van der Waals surface area contributed by atoms with Crippen LogP contribution in [0.2, 0.25) is 0 Å². The molecule has 3 N–H and O–H groups in total. The lowest BCUT2D eigenvalue weighted by atomic mass is 10.0.